The topological polar surface area (TPSA) is 66.4 Å². The molecule has 3 aromatic rings. The summed E-state index contributed by atoms with van der Waals surface area (Å²) in [5, 5.41) is 1.20. The van der Waals surface area contributed by atoms with Crippen LogP contribution in [0.15, 0.2) is 41.7 Å². The smallest absolute Gasteiger partial charge is 0.195 e. The molecule has 27 heavy (non-hydrogen) atoms. The number of benzene rings is 1. The van der Waals surface area contributed by atoms with Crippen molar-refractivity contribution in [3.63, 3.8) is 0 Å². The van der Waals surface area contributed by atoms with Crippen LogP contribution < -0.4 is 4.90 Å². The Kier molecular flexibility index (Phi) is 4.33. The van der Waals surface area contributed by atoms with E-state index in [1.54, 1.807) is 0 Å². The van der Waals surface area contributed by atoms with Gasteiger partial charge in [-0.25, -0.2) is 15.0 Å². The highest BCUT2D eigenvalue weighted by molar-refractivity contribution is 5.85. The van der Waals surface area contributed by atoms with Crippen molar-refractivity contribution in [3.8, 4) is 11.3 Å². The van der Waals surface area contributed by atoms with E-state index in [4.69, 9.17) is 9.72 Å². The molecule has 2 aliphatic rings. The summed E-state index contributed by atoms with van der Waals surface area (Å²) in [6, 6.07) is 8.42. The lowest BCUT2D eigenvalue weighted by Crippen LogP contribution is -2.31. The van der Waals surface area contributed by atoms with Crippen LogP contribution in [0.3, 0.4) is 0 Å². The molecule has 0 saturated carbocycles. The number of hydrogen-bond acceptors (Lipinski definition) is 5. The van der Waals surface area contributed by atoms with Gasteiger partial charge >= 0.3 is 0 Å². The van der Waals surface area contributed by atoms with Gasteiger partial charge in [0.1, 0.15) is 0 Å². The molecule has 6 heteroatoms. The zero-order chi connectivity index (χ0) is 18.1. The average Bonchev–Trinajstić information content (AvgIpc) is 3.20. The van der Waals surface area contributed by atoms with E-state index in [1.165, 1.54) is 5.39 Å². The third-order valence-corrected chi connectivity index (χ3v) is 5.55. The molecule has 2 aliphatic heterocycles. The van der Waals surface area contributed by atoms with Gasteiger partial charge in [0.25, 0.3) is 0 Å². The molecule has 0 atom stereocenters. The van der Waals surface area contributed by atoms with Gasteiger partial charge in [0.05, 0.1) is 18.4 Å². The summed E-state index contributed by atoms with van der Waals surface area (Å²) in [4.78, 5) is 19.5. The average molecular weight is 361 g/mol. The molecule has 1 N–H and O–H groups in total. The van der Waals surface area contributed by atoms with E-state index >= 15 is 0 Å². The predicted molar refractivity (Wildman–Crippen MR) is 108 cm³/mol. The zero-order valence-corrected chi connectivity index (χ0v) is 15.3. The highest BCUT2D eigenvalue weighted by Gasteiger charge is 2.21. The number of nitrogens with zero attached hydrogens (tertiary/aromatic N) is 4. The Bertz CT molecular complexity index is 974. The fourth-order valence-corrected chi connectivity index (χ4v) is 3.91. The molecule has 0 bridgehead atoms. The number of fused-ring (bicyclic) bond motifs is 2. The number of nitrogens with one attached hydrogen (secondary N) is 1. The van der Waals surface area contributed by atoms with Crippen molar-refractivity contribution in [1.82, 2.24) is 15.0 Å². The van der Waals surface area contributed by atoms with Gasteiger partial charge in [-0.1, -0.05) is 12.1 Å². The molecule has 6 nitrogen and oxygen atoms in total. The minimum atomic E-state index is 0.720. The molecular formula is C21H23N5O. The number of aromatic nitrogens is 3. The summed E-state index contributed by atoms with van der Waals surface area (Å²) < 4.78 is 5.48. The normalized spacial score (nSPS) is 17.4. The van der Waals surface area contributed by atoms with E-state index < -0.39 is 0 Å². The van der Waals surface area contributed by atoms with E-state index in [-0.39, 0.29) is 0 Å². The van der Waals surface area contributed by atoms with E-state index in [1.807, 2.05) is 18.6 Å². The first-order valence-electron chi connectivity index (χ1n) is 9.66. The molecule has 0 spiro atoms. The summed E-state index contributed by atoms with van der Waals surface area (Å²) in [6.07, 6.45) is 9.21. The Balaban J connectivity index is 1.40. The van der Waals surface area contributed by atoms with Crippen LogP contribution in [-0.4, -0.2) is 47.5 Å². The zero-order valence-electron chi connectivity index (χ0n) is 15.3. The number of H-pyrrole nitrogens is 1. The summed E-state index contributed by atoms with van der Waals surface area (Å²) in [5.41, 5.74) is 3.07. The number of aliphatic imine (C=N–C) groups is 1. The van der Waals surface area contributed by atoms with Gasteiger partial charge in [0.15, 0.2) is 11.6 Å². The van der Waals surface area contributed by atoms with Crippen molar-refractivity contribution in [2.75, 3.05) is 31.2 Å². The van der Waals surface area contributed by atoms with E-state index in [2.05, 4.69) is 44.1 Å². The van der Waals surface area contributed by atoms with Gasteiger partial charge in [-0.05, 0) is 42.7 Å². The van der Waals surface area contributed by atoms with Crippen molar-refractivity contribution < 1.29 is 4.74 Å². The van der Waals surface area contributed by atoms with Gasteiger partial charge in [0, 0.05) is 43.3 Å². The van der Waals surface area contributed by atoms with Gasteiger partial charge < -0.3 is 14.6 Å². The van der Waals surface area contributed by atoms with Gasteiger partial charge in [-0.15, -0.1) is 0 Å². The molecule has 138 valence electrons. The summed E-state index contributed by atoms with van der Waals surface area (Å²) in [7, 11) is 0. The molecular weight excluding hydrogens is 338 g/mol. The molecule has 2 aromatic heterocycles. The molecule has 0 amide bonds. The Morgan fingerprint density at radius 3 is 3.04 bits per heavy atom. The first-order valence-corrected chi connectivity index (χ1v) is 9.66. The van der Waals surface area contributed by atoms with Gasteiger partial charge in [-0.2, -0.15) is 0 Å². The summed E-state index contributed by atoms with van der Waals surface area (Å²) in [5.74, 6) is 2.36. The standard InChI is InChI=1S/C21H23N5O/c1-2-17(13-18-16(1)3-7-22-18)19-14-24-20-21(25-19)26(10-8-23-20)9-4-15-5-11-27-12-6-15/h1-3,7-8,13-15,22H,4-6,9-12H2. The third-order valence-electron chi connectivity index (χ3n) is 5.55. The number of rotatable bonds is 4. The van der Waals surface area contributed by atoms with Crippen LogP contribution in [0.2, 0.25) is 0 Å². The van der Waals surface area contributed by atoms with Crippen molar-refractivity contribution in [3.05, 3.63) is 36.7 Å². The summed E-state index contributed by atoms with van der Waals surface area (Å²) >= 11 is 0. The molecule has 4 heterocycles. The van der Waals surface area contributed by atoms with Crippen molar-refractivity contribution in [2.24, 2.45) is 10.9 Å². The number of aromatic amines is 1. The maximum atomic E-state index is 5.48. The van der Waals surface area contributed by atoms with Crippen LogP contribution in [0.4, 0.5) is 11.6 Å². The fourth-order valence-electron chi connectivity index (χ4n) is 3.91. The molecule has 5 rings (SSSR count). The Labute approximate surface area is 158 Å². The van der Waals surface area contributed by atoms with E-state index in [0.717, 1.165) is 79.9 Å². The molecule has 0 aliphatic carbocycles. The molecule has 1 aromatic carbocycles. The van der Waals surface area contributed by atoms with Crippen LogP contribution >= 0.6 is 0 Å². The fraction of sp³-hybridized carbons (Fsp3) is 0.381. The van der Waals surface area contributed by atoms with Crippen molar-refractivity contribution in [1.29, 1.82) is 0 Å². The second-order valence-corrected chi connectivity index (χ2v) is 7.28. The Hall–Kier alpha value is -2.73. The second-order valence-electron chi connectivity index (χ2n) is 7.28. The lowest BCUT2D eigenvalue weighted by atomic mass is 9.96. The van der Waals surface area contributed by atoms with Crippen LogP contribution in [0, 0.1) is 5.92 Å². The minimum Gasteiger partial charge on any atom is -0.381 e. The van der Waals surface area contributed by atoms with Crippen LogP contribution in [0.1, 0.15) is 19.3 Å². The van der Waals surface area contributed by atoms with E-state index in [9.17, 15) is 0 Å². The quantitative estimate of drug-likeness (QED) is 0.764. The lowest BCUT2D eigenvalue weighted by Gasteiger charge is -2.29. The SMILES string of the molecule is C1=Nc2ncc(-c3ccc4cc[nH]c4c3)nc2N(CCC2CCOCC2)C1. The maximum absolute atomic E-state index is 5.48. The monoisotopic (exact) mass is 361 g/mol. The maximum Gasteiger partial charge on any atom is 0.195 e. The molecule has 1 fully saturated rings. The van der Waals surface area contributed by atoms with Crippen molar-refractivity contribution in [2.45, 2.75) is 19.3 Å². The number of ether oxygens (including phenoxy) is 1. The Morgan fingerprint density at radius 1 is 1.19 bits per heavy atom. The first kappa shape index (κ1) is 16.4. The first-order chi connectivity index (χ1) is 13.4. The number of anilines is 1. The lowest BCUT2D eigenvalue weighted by molar-refractivity contribution is 0.0645. The minimum absolute atomic E-state index is 0.720. The van der Waals surface area contributed by atoms with Crippen LogP contribution in [-0.2, 0) is 4.74 Å². The third kappa shape index (κ3) is 3.32. The number of hydrogen-bond donors (Lipinski definition) is 1. The molecule has 0 unspecified atom stereocenters. The van der Waals surface area contributed by atoms with Gasteiger partial charge in [0.2, 0.25) is 0 Å². The predicted octanol–water partition coefficient (Wildman–Crippen LogP) is 3.96. The van der Waals surface area contributed by atoms with Gasteiger partial charge in [-0.3, -0.25) is 0 Å². The molecule has 1 saturated heterocycles. The molecule has 0 radical (unpaired) electrons. The van der Waals surface area contributed by atoms with Crippen LogP contribution in [0.5, 0.6) is 0 Å². The summed E-state index contributed by atoms with van der Waals surface area (Å²) in [6.45, 7) is 3.57. The second kappa shape index (κ2) is 7.12. The van der Waals surface area contributed by atoms with E-state index in [0.29, 0.717) is 0 Å². The highest BCUT2D eigenvalue weighted by atomic mass is 16.5. The largest absolute Gasteiger partial charge is 0.381 e. The van der Waals surface area contributed by atoms with Crippen LogP contribution in [0.25, 0.3) is 22.2 Å². The Morgan fingerprint density at radius 2 is 2.11 bits per heavy atom. The van der Waals surface area contributed by atoms with Crippen molar-refractivity contribution >= 4 is 28.8 Å². The highest BCUT2D eigenvalue weighted by Crippen LogP contribution is 2.31.